The summed E-state index contributed by atoms with van der Waals surface area (Å²) in [6.07, 6.45) is 2.80. The van der Waals surface area contributed by atoms with E-state index in [0.717, 1.165) is 6.42 Å². The molecule has 6 nitrogen and oxygen atoms in total. The first-order chi connectivity index (χ1) is 8.10. The molecule has 1 aliphatic heterocycles. The molecule has 17 heavy (non-hydrogen) atoms. The third kappa shape index (κ3) is 1.49. The zero-order valence-electron chi connectivity index (χ0n) is 9.50. The predicted octanol–water partition coefficient (Wildman–Crippen LogP) is 0.655. The smallest absolute Gasteiger partial charge is 0.210 e. The first-order valence-electron chi connectivity index (χ1n) is 5.59. The van der Waals surface area contributed by atoms with E-state index in [2.05, 4.69) is 10.1 Å². The summed E-state index contributed by atoms with van der Waals surface area (Å²) in [6, 6.07) is 3.56. The van der Waals surface area contributed by atoms with Gasteiger partial charge in [-0.3, -0.25) is 0 Å². The van der Waals surface area contributed by atoms with E-state index in [1.54, 1.807) is 16.6 Å². The number of nitrogens with two attached hydrogens (primary N) is 1. The predicted molar refractivity (Wildman–Crippen MR) is 61.1 cm³/mol. The highest BCUT2D eigenvalue weighted by Crippen LogP contribution is 2.37. The molecule has 2 aromatic heterocycles. The number of aliphatic hydroxyl groups is 1. The fourth-order valence-corrected chi connectivity index (χ4v) is 2.29. The van der Waals surface area contributed by atoms with Crippen LogP contribution in [0.25, 0.3) is 5.52 Å². The molecule has 2 unspecified atom stereocenters. The van der Waals surface area contributed by atoms with Crippen molar-refractivity contribution in [3.05, 3.63) is 24.2 Å². The molecule has 3 heterocycles. The molecule has 0 saturated carbocycles. The zero-order chi connectivity index (χ0) is 12.0. The van der Waals surface area contributed by atoms with Crippen LogP contribution < -0.4 is 5.73 Å². The Balaban J connectivity index is 2.15. The summed E-state index contributed by atoms with van der Waals surface area (Å²) in [4.78, 5) is 3.91. The van der Waals surface area contributed by atoms with Gasteiger partial charge in [-0.1, -0.05) is 0 Å². The van der Waals surface area contributed by atoms with Crippen LogP contribution in [0.2, 0.25) is 0 Å². The molecule has 0 aromatic carbocycles. The molecule has 6 heteroatoms. The monoisotopic (exact) mass is 234 g/mol. The zero-order valence-corrected chi connectivity index (χ0v) is 9.50. The minimum Gasteiger partial charge on any atom is -0.382 e. The van der Waals surface area contributed by atoms with Crippen molar-refractivity contribution in [3.8, 4) is 0 Å². The Bertz CT molecular complexity index is 568. The Morgan fingerprint density at radius 1 is 1.59 bits per heavy atom. The first-order valence-corrected chi connectivity index (χ1v) is 5.59. The van der Waals surface area contributed by atoms with Gasteiger partial charge in [-0.05, 0) is 25.5 Å². The van der Waals surface area contributed by atoms with Gasteiger partial charge in [-0.25, -0.2) is 9.50 Å². The molecule has 3 N–H and O–H groups in total. The van der Waals surface area contributed by atoms with Crippen LogP contribution in [-0.4, -0.2) is 25.8 Å². The quantitative estimate of drug-likeness (QED) is 0.756. The van der Waals surface area contributed by atoms with Gasteiger partial charge in [0.1, 0.15) is 17.5 Å². The maximum Gasteiger partial charge on any atom is 0.210 e. The van der Waals surface area contributed by atoms with E-state index in [4.69, 9.17) is 10.5 Å². The largest absolute Gasteiger partial charge is 0.382 e. The Labute approximate surface area is 98.0 Å². The van der Waals surface area contributed by atoms with Gasteiger partial charge >= 0.3 is 0 Å². The van der Waals surface area contributed by atoms with Gasteiger partial charge in [0.05, 0.1) is 6.10 Å². The molecule has 2 atom stereocenters. The standard InChI is InChI=1S/C11H14N4O2/c1-7-4-5-11(16,17-7)9-3-2-8-10(12)13-6-14-15(8)9/h2-3,6-7,16H,4-5H2,1H3,(H2,12,13,14). The lowest BCUT2D eigenvalue weighted by molar-refractivity contribution is -0.200. The number of ether oxygens (including phenoxy) is 1. The van der Waals surface area contributed by atoms with Crippen LogP contribution in [0.3, 0.4) is 0 Å². The molecule has 0 amide bonds. The van der Waals surface area contributed by atoms with Crippen LogP contribution in [-0.2, 0) is 10.5 Å². The molecular weight excluding hydrogens is 220 g/mol. The molecule has 0 bridgehead atoms. The maximum atomic E-state index is 10.5. The van der Waals surface area contributed by atoms with E-state index < -0.39 is 5.79 Å². The lowest BCUT2D eigenvalue weighted by atomic mass is 10.1. The minimum atomic E-state index is -1.27. The van der Waals surface area contributed by atoms with Crippen LogP contribution in [0.1, 0.15) is 25.5 Å². The van der Waals surface area contributed by atoms with Crippen LogP contribution in [0.4, 0.5) is 5.82 Å². The molecule has 0 radical (unpaired) electrons. The van der Waals surface area contributed by atoms with Crippen LogP contribution in [0.15, 0.2) is 18.5 Å². The Hall–Kier alpha value is -1.66. The molecule has 2 aromatic rings. The Morgan fingerprint density at radius 3 is 3.12 bits per heavy atom. The SMILES string of the molecule is CC1CCC(O)(c2ccc3c(N)ncnn23)O1. The lowest BCUT2D eigenvalue weighted by Gasteiger charge is -2.22. The number of anilines is 1. The average molecular weight is 234 g/mol. The summed E-state index contributed by atoms with van der Waals surface area (Å²) < 4.78 is 7.16. The number of hydrogen-bond acceptors (Lipinski definition) is 5. The van der Waals surface area contributed by atoms with E-state index in [-0.39, 0.29) is 6.10 Å². The van der Waals surface area contributed by atoms with E-state index in [0.29, 0.717) is 23.4 Å². The summed E-state index contributed by atoms with van der Waals surface area (Å²) >= 11 is 0. The summed E-state index contributed by atoms with van der Waals surface area (Å²) in [5.41, 5.74) is 7.03. The number of nitrogen functional groups attached to an aromatic ring is 1. The van der Waals surface area contributed by atoms with Crippen molar-refractivity contribution in [1.82, 2.24) is 14.6 Å². The van der Waals surface area contributed by atoms with Crippen molar-refractivity contribution >= 4 is 11.3 Å². The van der Waals surface area contributed by atoms with Crippen molar-refractivity contribution in [3.63, 3.8) is 0 Å². The summed E-state index contributed by atoms with van der Waals surface area (Å²) in [5, 5.41) is 14.6. The number of hydrogen-bond donors (Lipinski definition) is 2. The molecule has 1 aliphatic rings. The molecular formula is C11H14N4O2. The van der Waals surface area contributed by atoms with E-state index >= 15 is 0 Å². The number of rotatable bonds is 1. The lowest BCUT2D eigenvalue weighted by Crippen LogP contribution is -2.27. The van der Waals surface area contributed by atoms with Crippen LogP contribution in [0, 0.1) is 0 Å². The molecule has 0 aliphatic carbocycles. The second-order valence-corrected chi connectivity index (χ2v) is 4.41. The van der Waals surface area contributed by atoms with Gasteiger partial charge in [0.15, 0.2) is 5.82 Å². The third-order valence-corrected chi connectivity index (χ3v) is 3.17. The highest BCUT2D eigenvalue weighted by molar-refractivity contribution is 5.65. The molecule has 3 rings (SSSR count). The number of nitrogens with zero attached hydrogens (tertiary/aromatic N) is 3. The number of fused-ring (bicyclic) bond motifs is 1. The molecule has 0 spiro atoms. The number of aromatic nitrogens is 3. The van der Waals surface area contributed by atoms with Crippen molar-refractivity contribution < 1.29 is 9.84 Å². The normalized spacial score (nSPS) is 28.9. The van der Waals surface area contributed by atoms with Crippen molar-refractivity contribution in [1.29, 1.82) is 0 Å². The van der Waals surface area contributed by atoms with Gasteiger partial charge in [-0.2, -0.15) is 5.10 Å². The van der Waals surface area contributed by atoms with E-state index in [9.17, 15) is 5.11 Å². The molecule has 1 fully saturated rings. The fraction of sp³-hybridized carbons (Fsp3) is 0.455. The molecule has 1 saturated heterocycles. The third-order valence-electron chi connectivity index (χ3n) is 3.17. The van der Waals surface area contributed by atoms with Gasteiger partial charge in [-0.15, -0.1) is 0 Å². The van der Waals surface area contributed by atoms with E-state index in [1.165, 1.54) is 6.33 Å². The first kappa shape index (κ1) is 10.5. The Kier molecular flexibility index (Phi) is 2.11. The second kappa shape index (κ2) is 3.41. The highest BCUT2D eigenvalue weighted by Gasteiger charge is 2.40. The highest BCUT2D eigenvalue weighted by atomic mass is 16.6. The topological polar surface area (TPSA) is 85.7 Å². The summed E-state index contributed by atoms with van der Waals surface area (Å²) in [5.74, 6) is -0.881. The fourth-order valence-electron chi connectivity index (χ4n) is 2.29. The van der Waals surface area contributed by atoms with Gasteiger partial charge in [0, 0.05) is 6.42 Å². The maximum absolute atomic E-state index is 10.5. The van der Waals surface area contributed by atoms with Gasteiger partial charge in [0.2, 0.25) is 5.79 Å². The van der Waals surface area contributed by atoms with Crippen LogP contribution >= 0.6 is 0 Å². The minimum absolute atomic E-state index is 0.0461. The van der Waals surface area contributed by atoms with Gasteiger partial charge in [0.25, 0.3) is 0 Å². The Morgan fingerprint density at radius 2 is 2.41 bits per heavy atom. The van der Waals surface area contributed by atoms with Crippen molar-refractivity contribution in [2.45, 2.75) is 31.7 Å². The van der Waals surface area contributed by atoms with Crippen LogP contribution in [0.5, 0.6) is 0 Å². The summed E-state index contributed by atoms with van der Waals surface area (Å²) in [6.45, 7) is 1.94. The van der Waals surface area contributed by atoms with Crippen molar-refractivity contribution in [2.75, 3.05) is 5.73 Å². The molecule has 90 valence electrons. The average Bonchev–Trinajstić information content (AvgIpc) is 2.84. The summed E-state index contributed by atoms with van der Waals surface area (Å²) in [7, 11) is 0. The second-order valence-electron chi connectivity index (χ2n) is 4.41. The van der Waals surface area contributed by atoms with E-state index in [1.807, 2.05) is 6.92 Å². The van der Waals surface area contributed by atoms with Crippen molar-refractivity contribution in [2.24, 2.45) is 0 Å². The van der Waals surface area contributed by atoms with Gasteiger partial charge < -0.3 is 15.6 Å².